The van der Waals surface area contributed by atoms with E-state index in [9.17, 15) is 44.1 Å². The van der Waals surface area contributed by atoms with E-state index in [4.69, 9.17) is 29.7 Å². The largest absolute Gasteiger partial charge is 0.479 e. The van der Waals surface area contributed by atoms with Gasteiger partial charge in [-0.1, -0.05) is 52.0 Å². The molecule has 66 heavy (non-hydrogen) atoms. The molecule has 0 saturated carbocycles. The minimum Gasteiger partial charge on any atom is -0.479 e. The van der Waals surface area contributed by atoms with Crippen LogP contribution in [0.1, 0.15) is 88.3 Å². The number of hydrogen-bond acceptors (Lipinski definition) is 14. The maximum atomic E-state index is 13.8. The lowest BCUT2D eigenvalue weighted by atomic mass is 9.97. The van der Waals surface area contributed by atoms with Gasteiger partial charge >= 0.3 is 12.1 Å². The zero-order valence-electron chi connectivity index (χ0n) is 38.2. The standard InChI is InChI=1S/C45H54N6O13.C2H6/c1-23(2)40(46)42(56)47-18-38(55)48-33-11-10-25(14-36(33)63-39-16-26(53)15-37(64-39)44(58)59)21-62-45(60)50(24(3)4)13-12-27-28-8-6-7-9-32(28)49-41-30(27)19-51-34(41)17-29(35(54)20-52)31(22-61-5)43(51)57;1-2/h6-11,14,17,20,23-24,26,35,37,39-40,53-54H,12-13,15-16,18-19,21-22,46H2,1-5H3,(H,47,56)(H,48,55)(H,58,59);1-2H3. The molecule has 19 nitrogen and oxygen atoms in total. The molecule has 5 atom stereocenters. The monoisotopic (exact) mass is 916 g/mol. The second-order valence-electron chi connectivity index (χ2n) is 16.4. The van der Waals surface area contributed by atoms with Gasteiger partial charge < -0.3 is 64.9 Å². The maximum absolute atomic E-state index is 13.8. The molecule has 2 aliphatic heterocycles. The zero-order valence-corrected chi connectivity index (χ0v) is 38.2. The Kier molecular flexibility index (Phi) is 17.5. The van der Waals surface area contributed by atoms with E-state index < -0.39 is 66.6 Å². The molecule has 19 heteroatoms. The van der Waals surface area contributed by atoms with Crippen LogP contribution >= 0.6 is 0 Å². The Bertz CT molecular complexity index is 2470. The molecule has 7 N–H and O–H groups in total. The van der Waals surface area contributed by atoms with Gasteiger partial charge in [0, 0.05) is 54.6 Å². The number of para-hydroxylation sites is 1. The van der Waals surface area contributed by atoms with Crippen molar-refractivity contribution in [2.75, 3.05) is 25.5 Å². The third-order valence-corrected chi connectivity index (χ3v) is 11.2. The predicted molar refractivity (Wildman–Crippen MR) is 242 cm³/mol. The summed E-state index contributed by atoms with van der Waals surface area (Å²) in [6.07, 6.45) is -5.29. The first-order chi connectivity index (χ1) is 31.5. The number of methoxy groups -OCH3 is 1. The van der Waals surface area contributed by atoms with Crippen molar-refractivity contribution in [1.82, 2.24) is 19.8 Å². The molecule has 2 aliphatic rings. The summed E-state index contributed by atoms with van der Waals surface area (Å²) >= 11 is 0. The van der Waals surface area contributed by atoms with E-state index in [0.29, 0.717) is 35.2 Å². The Labute approximate surface area is 382 Å². The molecule has 2 aromatic heterocycles. The molecule has 1 saturated heterocycles. The summed E-state index contributed by atoms with van der Waals surface area (Å²) in [6.45, 7) is 10.8. The van der Waals surface area contributed by atoms with Crippen LogP contribution in [0.2, 0.25) is 0 Å². The first-order valence-corrected chi connectivity index (χ1v) is 21.9. The highest BCUT2D eigenvalue weighted by Gasteiger charge is 2.35. The molecule has 0 aliphatic carbocycles. The van der Waals surface area contributed by atoms with Gasteiger partial charge in [0.2, 0.25) is 18.1 Å². The van der Waals surface area contributed by atoms with E-state index in [1.165, 1.54) is 19.2 Å². The number of benzene rings is 2. The van der Waals surface area contributed by atoms with Crippen molar-refractivity contribution in [3.05, 3.63) is 86.7 Å². The summed E-state index contributed by atoms with van der Waals surface area (Å²) in [5.41, 5.74) is 9.60. The Morgan fingerprint density at radius 1 is 1.05 bits per heavy atom. The lowest BCUT2D eigenvalue weighted by Crippen LogP contribution is -2.46. The van der Waals surface area contributed by atoms with Crippen LogP contribution in [0.15, 0.2) is 53.3 Å². The summed E-state index contributed by atoms with van der Waals surface area (Å²) in [6, 6.07) is 12.5. The number of fused-ring (bicyclic) bond motifs is 4. The molecule has 5 unspecified atom stereocenters. The van der Waals surface area contributed by atoms with Crippen LogP contribution < -0.4 is 26.7 Å². The molecule has 6 rings (SSSR count). The Morgan fingerprint density at radius 2 is 1.77 bits per heavy atom. The SMILES string of the molecule is CC.COCc1c(C(O)C=O)cc2n(c1=O)Cc1c-2nc2ccccc2c1CCN(C(=O)OCc1ccc(NC(=O)CNC(=O)C(N)C(C)C)c(OC2CC(O)CC(C(=O)O)O2)c1)C(C)C. The van der Waals surface area contributed by atoms with E-state index in [1.54, 1.807) is 35.4 Å². The van der Waals surface area contributed by atoms with E-state index in [1.807, 2.05) is 52.0 Å². The van der Waals surface area contributed by atoms with Gasteiger partial charge in [0.15, 0.2) is 12.4 Å². The van der Waals surface area contributed by atoms with Crippen molar-refractivity contribution < 1.29 is 58.2 Å². The molecule has 4 heterocycles. The topological polar surface area (TPSA) is 271 Å². The fourth-order valence-electron chi connectivity index (χ4n) is 7.73. The summed E-state index contributed by atoms with van der Waals surface area (Å²) in [5.74, 6) is -2.55. The number of nitrogens with one attached hydrogen (secondary N) is 2. The van der Waals surface area contributed by atoms with Gasteiger partial charge in [0.1, 0.15) is 18.5 Å². The van der Waals surface area contributed by atoms with E-state index in [-0.39, 0.29) is 73.7 Å². The second kappa shape index (κ2) is 22.8. The third kappa shape index (κ3) is 11.8. The minimum atomic E-state index is -1.54. The van der Waals surface area contributed by atoms with Crippen LogP contribution in [-0.2, 0) is 59.6 Å². The number of aldehydes is 1. The van der Waals surface area contributed by atoms with E-state index >= 15 is 0 Å². The summed E-state index contributed by atoms with van der Waals surface area (Å²) in [4.78, 5) is 82.8. The fraction of sp³-hybridized carbons (Fsp3) is 0.468. The van der Waals surface area contributed by atoms with Crippen molar-refractivity contribution in [2.24, 2.45) is 11.7 Å². The van der Waals surface area contributed by atoms with Crippen molar-refractivity contribution in [3.8, 4) is 17.1 Å². The van der Waals surface area contributed by atoms with Crippen molar-refractivity contribution in [1.29, 1.82) is 0 Å². The highest BCUT2D eigenvalue weighted by molar-refractivity contribution is 5.96. The fourth-order valence-corrected chi connectivity index (χ4v) is 7.73. The number of carbonyl (C=O) groups is 5. The van der Waals surface area contributed by atoms with E-state index in [0.717, 1.165) is 16.5 Å². The molecule has 1 fully saturated rings. The number of carbonyl (C=O) groups excluding carboxylic acids is 4. The number of carboxylic acids is 1. The van der Waals surface area contributed by atoms with Gasteiger partial charge in [0.05, 0.1) is 54.4 Å². The molecule has 4 aromatic rings. The van der Waals surface area contributed by atoms with Crippen molar-refractivity contribution in [3.63, 3.8) is 0 Å². The van der Waals surface area contributed by atoms with Crippen molar-refractivity contribution in [2.45, 2.75) is 117 Å². The van der Waals surface area contributed by atoms with Crippen LogP contribution in [0, 0.1) is 5.92 Å². The highest BCUT2D eigenvalue weighted by Crippen LogP contribution is 2.37. The molecule has 3 amide bonds. The highest BCUT2D eigenvalue weighted by atomic mass is 16.7. The molecule has 2 aromatic carbocycles. The number of aliphatic carboxylic acids is 1. The number of carboxylic acid groups (broad SMARTS) is 1. The Hall–Kier alpha value is -6.25. The van der Waals surface area contributed by atoms with Gasteiger partial charge in [-0.05, 0) is 61.6 Å². The number of anilines is 1. The second-order valence-corrected chi connectivity index (χ2v) is 16.4. The summed E-state index contributed by atoms with van der Waals surface area (Å²) in [7, 11) is 1.42. The number of aliphatic hydroxyl groups excluding tert-OH is 2. The van der Waals surface area contributed by atoms with Gasteiger partial charge in [-0.15, -0.1) is 0 Å². The number of rotatable bonds is 18. The number of amides is 3. The molecular weight excluding hydrogens is 857 g/mol. The van der Waals surface area contributed by atoms with Gasteiger partial charge in [0.25, 0.3) is 5.56 Å². The predicted octanol–water partition coefficient (Wildman–Crippen LogP) is 3.79. The average Bonchev–Trinajstić information content (AvgIpc) is 3.66. The van der Waals surface area contributed by atoms with Crippen LogP contribution in [-0.4, -0.2) is 111 Å². The maximum Gasteiger partial charge on any atom is 0.410 e. The van der Waals surface area contributed by atoms with Crippen LogP contribution in [0.4, 0.5) is 10.5 Å². The van der Waals surface area contributed by atoms with Crippen LogP contribution in [0.25, 0.3) is 22.3 Å². The number of aromatic nitrogens is 2. The quantitative estimate of drug-likeness (QED) is 0.0683. The lowest BCUT2D eigenvalue weighted by Gasteiger charge is -2.31. The summed E-state index contributed by atoms with van der Waals surface area (Å²) < 4.78 is 24.2. The van der Waals surface area contributed by atoms with Crippen molar-refractivity contribution >= 4 is 46.8 Å². The smallest absolute Gasteiger partial charge is 0.410 e. The van der Waals surface area contributed by atoms with E-state index in [2.05, 4.69) is 10.6 Å². The zero-order chi connectivity index (χ0) is 48.4. The number of nitrogens with two attached hydrogens (primary N) is 1. The third-order valence-electron chi connectivity index (χ3n) is 11.2. The minimum absolute atomic E-state index is 0.0247. The number of pyridine rings is 2. The average molecular weight is 917 g/mol. The normalized spacial score (nSPS) is 17.2. The van der Waals surface area contributed by atoms with Gasteiger partial charge in [-0.2, -0.15) is 0 Å². The number of nitrogens with zero attached hydrogens (tertiary/aromatic N) is 3. The Balaban J connectivity index is 0.00000403. The molecular formula is C47H60N6O13. The van der Waals surface area contributed by atoms with Gasteiger partial charge in [-0.3, -0.25) is 14.4 Å². The number of aliphatic hydroxyl groups is 2. The van der Waals surface area contributed by atoms with Gasteiger partial charge in [-0.25, -0.2) is 14.6 Å². The first kappa shape index (κ1) is 50.7. The molecule has 0 bridgehead atoms. The lowest BCUT2D eigenvalue weighted by molar-refractivity contribution is -0.195. The van der Waals surface area contributed by atoms with Crippen LogP contribution in [0.5, 0.6) is 5.75 Å². The molecule has 0 radical (unpaired) electrons. The molecule has 0 spiro atoms. The molecule has 356 valence electrons. The number of ether oxygens (including phenoxy) is 4. The van der Waals surface area contributed by atoms with Crippen LogP contribution in [0.3, 0.4) is 0 Å². The number of hydrogen-bond donors (Lipinski definition) is 6. The summed E-state index contributed by atoms with van der Waals surface area (Å²) in [5, 5.41) is 36.5. The first-order valence-electron chi connectivity index (χ1n) is 21.9. The Morgan fingerprint density at radius 3 is 2.44 bits per heavy atom.